The van der Waals surface area contributed by atoms with Crippen LogP contribution >= 0.6 is 15.9 Å². The average molecular weight is 339 g/mol. The Morgan fingerprint density at radius 2 is 2.25 bits per heavy atom. The van der Waals surface area contributed by atoms with Gasteiger partial charge in [-0.15, -0.1) is 0 Å². The van der Waals surface area contributed by atoms with Crippen molar-refractivity contribution in [3.8, 4) is 0 Å². The van der Waals surface area contributed by atoms with Gasteiger partial charge in [0.2, 0.25) is 0 Å². The molecule has 2 aromatic rings. The molecule has 0 spiro atoms. The Kier molecular flexibility index (Phi) is 3.55. The number of nitrogens with zero attached hydrogens (tertiary/aromatic N) is 4. The lowest BCUT2D eigenvalue weighted by Gasteiger charge is -2.28. The molecule has 2 bridgehead atoms. The van der Waals surface area contributed by atoms with Crippen molar-refractivity contribution in [3.63, 3.8) is 0 Å². The lowest BCUT2D eigenvalue weighted by molar-refractivity contribution is 0.576. The van der Waals surface area contributed by atoms with Crippen molar-refractivity contribution in [3.05, 3.63) is 16.7 Å². The van der Waals surface area contributed by atoms with Crippen LogP contribution in [0.5, 0.6) is 0 Å². The van der Waals surface area contributed by atoms with Gasteiger partial charge in [0.15, 0.2) is 5.65 Å². The van der Waals surface area contributed by atoms with Crippen LogP contribution in [0, 0.1) is 0 Å². The van der Waals surface area contributed by atoms with E-state index in [4.69, 9.17) is 5.73 Å². The highest BCUT2D eigenvalue weighted by Gasteiger charge is 2.38. The molecule has 2 atom stereocenters. The summed E-state index contributed by atoms with van der Waals surface area (Å²) in [5, 5.41) is 7.67. The van der Waals surface area contributed by atoms with E-state index in [1.165, 1.54) is 6.42 Å². The molecule has 0 aromatic carbocycles. The number of hydrogen-bond donors (Lipinski definition) is 2. The minimum atomic E-state index is 0.547. The summed E-state index contributed by atoms with van der Waals surface area (Å²) >= 11 is 3.45. The summed E-state index contributed by atoms with van der Waals surface area (Å²) in [6.45, 7) is 6.05. The zero-order chi connectivity index (χ0) is 14.3. The fourth-order valence-corrected chi connectivity index (χ4v) is 3.28. The predicted molar refractivity (Wildman–Crippen MR) is 84.0 cm³/mol. The van der Waals surface area contributed by atoms with Gasteiger partial charge >= 0.3 is 0 Å². The average Bonchev–Trinajstić information content (AvgIpc) is 3.17. The maximum Gasteiger partial charge on any atom is 0.173 e. The molecule has 3 N–H and O–H groups in total. The summed E-state index contributed by atoms with van der Waals surface area (Å²) in [6, 6.07) is 3.06. The minimum absolute atomic E-state index is 0.547. The molecule has 2 aliphatic heterocycles. The zero-order valence-corrected chi connectivity index (χ0v) is 13.3. The van der Waals surface area contributed by atoms with Crippen LogP contribution in [0.2, 0.25) is 0 Å². The second-order valence-electron chi connectivity index (χ2n) is 4.91. The summed E-state index contributed by atoms with van der Waals surface area (Å²) in [7, 11) is 0. The maximum absolute atomic E-state index is 6.03. The van der Waals surface area contributed by atoms with Crippen LogP contribution in [0.15, 0.2) is 16.7 Å². The molecule has 0 radical (unpaired) electrons. The van der Waals surface area contributed by atoms with E-state index in [-0.39, 0.29) is 0 Å². The highest BCUT2D eigenvalue weighted by atomic mass is 79.9. The molecule has 4 heterocycles. The number of rotatable bonds is 1. The summed E-state index contributed by atoms with van der Waals surface area (Å²) in [5.41, 5.74) is 6.81. The number of nitrogens with one attached hydrogen (secondary N) is 1. The SMILES string of the molecule is CC.Nc1cc(N2C[C@@H]3CC2CN3)nc2c(Br)cnn12. The molecule has 2 aliphatic rings. The van der Waals surface area contributed by atoms with E-state index < -0.39 is 0 Å². The Hall–Kier alpha value is -1.34. The molecule has 0 saturated carbocycles. The Morgan fingerprint density at radius 3 is 2.90 bits per heavy atom. The van der Waals surface area contributed by atoms with Gasteiger partial charge in [-0.25, -0.2) is 4.98 Å². The highest BCUT2D eigenvalue weighted by molar-refractivity contribution is 9.10. The fourth-order valence-electron chi connectivity index (χ4n) is 2.93. The van der Waals surface area contributed by atoms with Crippen LogP contribution in [-0.2, 0) is 0 Å². The van der Waals surface area contributed by atoms with Crippen molar-refractivity contribution >= 4 is 33.2 Å². The first-order valence-electron chi connectivity index (χ1n) is 7.02. The van der Waals surface area contributed by atoms with Crippen LogP contribution in [0.4, 0.5) is 11.6 Å². The van der Waals surface area contributed by atoms with Crippen LogP contribution < -0.4 is 16.0 Å². The first kappa shape index (κ1) is 13.6. The molecule has 2 aromatic heterocycles. The topological polar surface area (TPSA) is 71.5 Å². The van der Waals surface area contributed by atoms with Crippen LogP contribution in [0.1, 0.15) is 20.3 Å². The molecule has 2 fully saturated rings. The van der Waals surface area contributed by atoms with E-state index in [9.17, 15) is 0 Å². The van der Waals surface area contributed by atoms with E-state index in [0.29, 0.717) is 17.9 Å². The minimum Gasteiger partial charge on any atom is -0.383 e. The van der Waals surface area contributed by atoms with E-state index in [0.717, 1.165) is 29.0 Å². The first-order valence-corrected chi connectivity index (χ1v) is 7.81. The molecule has 1 unspecified atom stereocenters. The van der Waals surface area contributed by atoms with Crippen molar-refractivity contribution in [2.75, 3.05) is 23.7 Å². The van der Waals surface area contributed by atoms with E-state index in [2.05, 4.69) is 36.2 Å². The molecular weight excluding hydrogens is 320 g/mol. The fraction of sp³-hybridized carbons (Fsp3) is 0.538. The van der Waals surface area contributed by atoms with Crippen molar-refractivity contribution in [1.82, 2.24) is 19.9 Å². The van der Waals surface area contributed by atoms with Gasteiger partial charge in [-0.2, -0.15) is 9.61 Å². The largest absolute Gasteiger partial charge is 0.383 e. The van der Waals surface area contributed by atoms with E-state index in [1.54, 1.807) is 10.7 Å². The number of nitrogens with two attached hydrogens (primary N) is 1. The van der Waals surface area contributed by atoms with Gasteiger partial charge in [-0.3, -0.25) is 0 Å². The number of nitrogen functional groups attached to an aromatic ring is 1. The van der Waals surface area contributed by atoms with E-state index in [1.807, 2.05) is 19.9 Å². The Morgan fingerprint density at radius 1 is 1.45 bits per heavy atom. The number of hydrogen-bond acceptors (Lipinski definition) is 5. The smallest absolute Gasteiger partial charge is 0.173 e. The van der Waals surface area contributed by atoms with Crippen molar-refractivity contribution in [2.45, 2.75) is 32.4 Å². The van der Waals surface area contributed by atoms with Crippen LogP contribution in [0.25, 0.3) is 5.65 Å². The van der Waals surface area contributed by atoms with Crippen molar-refractivity contribution < 1.29 is 0 Å². The lowest BCUT2D eigenvalue weighted by atomic mass is 10.2. The molecule has 108 valence electrons. The van der Waals surface area contributed by atoms with Gasteiger partial charge < -0.3 is 16.0 Å². The Balaban J connectivity index is 0.000000581. The number of aromatic nitrogens is 3. The Bertz CT molecular complexity index is 625. The normalized spacial score (nSPS) is 24.1. The maximum atomic E-state index is 6.03. The van der Waals surface area contributed by atoms with Gasteiger partial charge in [0.25, 0.3) is 0 Å². The lowest BCUT2D eigenvalue weighted by Crippen LogP contribution is -2.44. The molecule has 2 saturated heterocycles. The van der Waals surface area contributed by atoms with Crippen molar-refractivity contribution in [2.24, 2.45) is 0 Å². The van der Waals surface area contributed by atoms with Crippen LogP contribution in [-0.4, -0.2) is 39.8 Å². The molecule has 0 amide bonds. The molecule has 4 rings (SSSR count). The second-order valence-corrected chi connectivity index (χ2v) is 5.77. The van der Waals surface area contributed by atoms with Gasteiger partial charge in [0.1, 0.15) is 11.6 Å². The van der Waals surface area contributed by atoms with Crippen molar-refractivity contribution in [1.29, 1.82) is 0 Å². The number of halogens is 1. The summed E-state index contributed by atoms with van der Waals surface area (Å²) in [4.78, 5) is 7.01. The zero-order valence-electron chi connectivity index (χ0n) is 11.7. The molecule has 6 nitrogen and oxygen atoms in total. The van der Waals surface area contributed by atoms with Gasteiger partial charge in [0.05, 0.1) is 10.7 Å². The first-order chi connectivity index (χ1) is 9.72. The second kappa shape index (κ2) is 5.21. The summed E-state index contributed by atoms with van der Waals surface area (Å²) < 4.78 is 2.53. The third-order valence-electron chi connectivity index (χ3n) is 3.79. The molecule has 7 heteroatoms. The quantitative estimate of drug-likeness (QED) is 0.827. The molecular formula is C13H19BrN6. The van der Waals surface area contributed by atoms with Gasteiger partial charge in [0, 0.05) is 31.2 Å². The molecule has 20 heavy (non-hydrogen) atoms. The third kappa shape index (κ3) is 2.05. The standard InChI is InChI=1S/C11H13BrN6.C2H6/c12-8-4-15-18-9(13)2-10(16-11(8)18)17-5-6-1-7(17)3-14-6;1-2/h2,4,6-7,14H,1,3,5,13H2;1-2H3/t6-,7?;/m0./s1. The predicted octanol–water partition coefficient (Wildman–Crippen LogP) is 1.65. The van der Waals surface area contributed by atoms with Gasteiger partial charge in [-0.05, 0) is 22.4 Å². The molecule has 0 aliphatic carbocycles. The highest BCUT2D eigenvalue weighted by Crippen LogP contribution is 2.30. The number of fused-ring (bicyclic) bond motifs is 3. The van der Waals surface area contributed by atoms with Crippen LogP contribution in [0.3, 0.4) is 0 Å². The van der Waals surface area contributed by atoms with Gasteiger partial charge in [-0.1, -0.05) is 13.8 Å². The third-order valence-corrected chi connectivity index (χ3v) is 4.35. The summed E-state index contributed by atoms with van der Waals surface area (Å²) in [6.07, 6.45) is 2.92. The summed E-state index contributed by atoms with van der Waals surface area (Å²) in [5.74, 6) is 1.58. The Labute approximate surface area is 126 Å². The number of piperazine rings is 1. The number of anilines is 2. The monoisotopic (exact) mass is 338 g/mol. The van der Waals surface area contributed by atoms with E-state index >= 15 is 0 Å².